The van der Waals surface area contributed by atoms with Crippen LogP contribution in [0.2, 0.25) is 0 Å². The number of nitrogens with zero attached hydrogens (tertiary/aromatic N) is 3. The van der Waals surface area contributed by atoms with E-state index in [0.29, 0.717) is 18.2 Å². The number of carbonyl (C=O) groups excluding carboxylic acids is 1. The standard InChI is InChI=1S/C15H25N3O/c1-3-5-15(19)17-9-6-13(7-10-17)12-18-11-8-16-14(18)4-2/h8,11,13H,3-7,9-10,12H2,1-2H3. The molecule has 2 heterocycles. The van der Waals surface area contributed by atoms with E-state index in [1.54, 1.807) is 0 Å². The molecule has 4 nitrogen and oxygen atoms in total. The van der Waals surface area contributed by atoms with Crippen molar-refractivity contribution in [1.29, 1.82) is 0 Å². The summed E-state index contributed by atoms with van der Waals surface area (Å²) in [5.41, 5.74) is 0. The number of aromatic nitrogens is 2. The predicted molar refractivity (Wildman–Crippen MR) is 75.8 cm³/mol. The normalized spacial score (nSPS) is 16.8. The van der Waals surface area contributed by atoms with Gasteiger partial charge in [-0.1, -0.05) is 13.8 Å². The van der Waals surface area contributed by atoms with E-state index in [1.807, 2.05) is 11.1 Å². The molecule has 1 saturated heterocycles. The van der Waals surface area contributed by atoms with Crippen LogP contribution in [0.5, 0.6) is 0 Å². The highest BCUT2D eigenvalue weighted by molar-refractivity contribution is 5.76. The first-order chi connectivity index (χ1) is 9.24. The molecule has 0 unspecified atom stereocenters. The maximum atomic E-state index is 11.8. The molecule has 0 N–H and O–H groups in total. The van der Waals surface area contributed by atoms with Crippen LogP contribution in [0.1, 0.15) is 45.4 Å². The van der Waals surface area contributed by atoms with Crippen molar-refractivity contribution in [3.05, 3.63) is 18.2 Å². The Kier molecular flexibility index (Phi) is 5.00. The van der Waals surface area contributed by atoms with Gasteiger partial charge < -0.3 is 9.47 Å². The average molecular weight is 263 g/mol. The molecule has 19 heavy (non-hydrogen) atoms. The van der Waals surface area contributed by atoms with Crippen LogP contribution in [-0.4, -0.2) is 33.4 Å². The second-order valence-electron chi connectivity index (χ2n) is 5.42. The number of rotatable bonds is 5. The van der Waals surface area contributed by atoms with Crippen LogP contribution < -0.4 is 0 Å². The largest absolute Gasteiger partial charge is 0.343 e. The van der Waals surface area contributed by atoms with Crippen molar-refractivity contribution < 1.29 is 4.79 Å². The summed E-state index contributed by atoms with van der Waals surface area (Å²) in [6.45, 7) is 7.12. The molecule has 1 aliphatic heterocycles. The molecule has 0 saturated carbocycles. The third-order valence-electron chi connectivity index (χ3n) is 4.00. The Morgan fingerprint density at radius 3 is 2.74 bits per heavy atom. The van der Waals surface area contributed by atoms with E-state index < -0.39 is 0 Å². The van der Waals surface area contributed by atoms with Crippen LogP contribution >= 0.6 is 0 Å². The molecule has 1 aliphatic rings. The fourth-order valence-electron chi connectivity index (χ4n) is 2.84. The molecule has 0 spiro atoms. The summed E-state index contributed by atoms with van der Waals surface area (Å²) in [5.74, 6) is 2.19. The lowest BCUT2D eigenvalue weighted by Gasteiger charge is -2.32. The highest BCUT2D eigenvalue weighted by Gasteiger charge is 2.22. The van der Waals surface area contributed by atoms with Crippen molar-refractivity contribution in [3.63, 3.8) is 0 Å². The van der Waals surface area contributed by atoms with Gasteiger partial charge in [-0.05, 0) is 25.2 Å². The fraction of sp³-hybridized carbons (Fsp3) is 0.733. The van der Waals surface area contributed by atoms with Gasteiger partial charge in [-0.3, -0.25) is 4.79 Å². The van der Waals surface area contributed by atoms with Gasteiger partial charge in [0.25, 0.3) is 0 Å². The molecule has 1 aromatic heterocycles. The fourth-order valence-corrected chi connectivity index (χ4v) is 2.84. The second kappa shape index (κ2) is 6.73. The number of piperidine rings is 1. The first-order valence-corrected chi connectivity index (χ1v) is 7.52. The molecule has 0 aromatic carbocycles. The van der Waals surface area contributed by atoms with Crippen LogP contribution in [0, 0.1) is 5.92 Å². The monoisotopic (exact) mass is 263 g/mol. The molecule has 0 radical (unpaired) electrons. The molecule has 106 valence electrons. The zero-order valence-electron chi connectivity index (χ0n) is 12.1. The van der Waals surface area contributed by atoms with E-state index in [9.17, 15) is 4.79 Å². The molecule has 1 aromatic rings. The lowest BCUT2D eigenvalue weighted by atomic mass is 9.96. The Morgan fingerprint density at radius 1 is 1.37 bits per heavy atom. The van der Waals surface area contributed by atoms with Gasteiger partial charge in [0.1, 0.15) is 5.82 Å². The molecule has 0 aliphatic carbocycles. The van der Waals surface area contributed by atoms with Gasteiger partial charge in [-0.15, -0.1) is 0 Å². The van der Waals surface area contributed by atoms with Crippen molar-refractivity contribution in [2.24, 2.45) is 5.92 Å². The minimum absolute atomic E-state index is 0.331. The topological polar surface area (TPSA) is 38.1 Å². The Labute approximate surface area is 115 Å². The Hall–Kier alpha value is -1.32. The van der Waals surface area contributed by atoms with Crippen molar-refractivity contribution in [2.75, 3.05) is 13.1 Å². The molecule has 4 heteroatoms. The highest BCUT2D eigenvalue weighted by atomic mass is 16.2. The van der Waals surface area contributed by atoms with Crippen molar-refractivity contribution in [2.45, 2.75) is 52.5 Å². The van der Waals surface area contributed by atoms with Gasteiger partial charge in [0, 0.05) is 44.9 Å². The maximum absolute atomic E-state index is 11.8. The number of amides is 1. The van der Waals surface area contributed by atoms with Crippen molar-refractivity contribution in [1.82, 2.24) is 14.5 Å². The zero-order valence-corrected chi connectivity index (χ0v) is 12.1. The van der Waals surface area contributed by atoms with E-state index >= 15 is 0 Å². The predicted octanol–water partition coefficient (Wildman–Crippen LogP) is 2.48. The SMILES string of the molecule is CCCC(=O)N1CCC(Cn2ccnc2CC)CC1. The second-order valence-corrected chi connectivity index (χ2v) is 5.42. The van der Waals surface area contributed by atoms with Crippen molar-refractivity contribution in [3.8, 4) is 0 Å². The molecule has 0 bridgehead atoms. The number of likely N-dealkylation sites (tertiary alicyclic amines) is 1. The van der Waals surface area contributed by atoms with E-state index in [4.69, 9.17) is 0 Å². The van der Waals surface area contributed by atoms with E-state index in [-0.39, 0.29) is 0 Å². The lowest BCUT2D eigenvalue weighted by molar-refractivity contribution is -0.132. The summed E-state index contributed by atoms with van der Waals surface area (Å²) in [6.07, 6.45) is 8.85. The summed E-state index contributed by atoms with van der Waals surface area (Å²) in [4.78, 5) is 18.2. The third kappa shape index (κ3) is 3.58. The molecule has 2 rings (SSSR count). The van der Waals surface area contributed by atoms with Gasteiger partial charge in [-0.25, -0.2) is 4.98 Å². The summed E-state index contributed by atoms with van der Waals surface area (Å²) in [7, 11) is 0. The summed E-state index contributed by atoms with van der Waals surface area (Å²) < 4.78 is 2.27. The van der Waals surface area contributed by atoms with E-state index in [2.05, 4.69) is 29.6 Å². The van der Waals surface area contributed by atoms with Gasteiger partial charge in [0.15, 0.2) is 0 Å². The van der Waals surface area contributed by atoms with Crippen LogP contribution in [-0.2, 0) is 17.8 Å². The van der Waals surface area contributed by atoms with Crippen LogP contribution in [0.3, 0.4) is 0 Å². The number of aryl methyl sites for hydroxylation is 1. The molecule has 0 atom stereocenters. The van der Waals surface area contributed by atoms with Gasteiger partial charge >= 0.3 is 0 Å². The third-order valence-corrected chi connectivity index (χ3v) is 4.00. The Bertz CT molecular complexity index is 405. The van der Waals surface area contributed by atoms with E-state index in [1.165, 1.54) is 5.82 Å². The Balaban J connectivity index is 1.82. The number of carbonyl (C=O) groups is 1. The Morgan fingerprint density at radius 2 is 2.11 bits per heavy atom. The summed E-state index contributed by atoms with van der Waals surface area (Å²) in [6, 6.07) is 0. The van der Waals surface area contributed by atoms with Gasteiger partial charge in [0.05, 0.1) is 0 Å². The van der Waals surface area contributed by atoms with Crippen LogP contribution in [0.15, 0.2) is 12.4 Å². The van der Waals surface area contributed by atoms with Crippen LogP contribution in [0.4, 0.5) is 0 Å². The molecular formula is C15H25N3O. The minimum Gasteiger partial charge on any atom is -0.343 e. The highest BCUT2D eigenvalue weighted by Crippen LogP contribution is 2.20. The van der Waals surface area contributed by atoms with Gasteiger partial charge in [-0.2, -0.15) is 0 Å². The maximum Gasteiger partial charge on any atom is 0.222 e. The van der Waals surface area contributed by atoms with Crippen molar-refractivity contribution >= 4 is 5.91 Å². The quantitative estimate of drug-likeness (QED) is 0.818. The molecule has 1 amide bonds. The molecular weight excluding hydrogens is 238 g/mol. The summed E-state index contributed by atoms with van der Waals surface area (Å²) >= 11 is 0. The van der Waals surface area contributed by atoms with Gasteiger partial charge in [0.2, 0.25) is 5.91 Å². The number of hydrogen-bond donors (Lipinski definition) is 0. The van der Waals surface area contributed by atoms with E-state index in [0.717, 1.165) is 45.3 Å². The molecule has 1 fully saturated rings. The number of hydrogen-bond acceptors (Lipinski definition) is 2. The van der Waals surface area contributed by atoms with Crippen LogP contribution in [0.25, 0.3) is 0 Å². The smallest absolute Gasteiger partial charge is 0.222 e. The summed E-state index contributed by atoms with van der Waals surface area (Å²) in [5, 5.41) is 0. The zero-order chi connectivity index (χ0) is 13.7. The lowest BCUT2D eigenvalue weighted by Crippen LogP contribution is -2.39. The minimum atomic E-state index is 0.331. The first kappa shape index (κ1) is 14.1. The first-order valence-electron chi connectivity index (χ1n) is 7.52. The average Bonchev–Trinajstić information content (AvgIpc) is 2.87. The number of imidazole rings is 1.